The molecular weight excluding hydrogens is 390 g/mol. The van der Waals surface area contributed by atoms with Crippen LogP contribution in [0.2, 0.25) is 0 Å². The van der Waals surface area contributed by atoms with Gasteiger partial charge in [-0.25, -0.2) is 9.59 Å². The summed E-state index contributed by atoms with van der Waals surface area (Å²) in [4.78, 5) is 40.6. The quantitative estimate of drug-likeness (QED) is 0.405. The number of piperazine rings is 1. The average Bonchev–Trinajstić information content (AvgIpc) is 2.74. The first-order chi connectivity index (χ1) is 14.4. The molecule has 1 aliphatic heterocycles. The highest BCUT2D eigenvalue weighted by molar-refractivity contribution is 6.07. The van der Waals surface area contributed by atoms with Gasteiger partial charge in [0.15, 0.2) is 0 Å². The first kappa shape index (κ1) is 23.5. The third-order valence-corrected chi connectivity index (χ3v) is 5.06. The van der Waals surface area contributed by atoms with E-state index in [-0.39, 0.29) is 19.8 Å². The second-order valence-corrected chi connectivity index (χ2v) is 7.14. The minimum absolute atomic E-state index is 0.0701. The molecule has 0 spiro atoms. The van der Waals surface area contributed by atoms with Crippen LogP contribution in [0, 0.1) is 0 Å². The molecule has 0 bridgehead atoms. The Labute approximate surface area is 177 Å². The summed E-state index contributed by atoms with van der Waals surface area (Å²) in [7, 11) is 1.63. The topological polar surface area (TPSA) is 98.6 Å². The molecule has 9 heteroatoms. The summed E-state index contributed by atoms with van der Waals surface area (Å²) in [5.41, 5.74) is -0.770. The van der Waals surface area contributed by atoms with Gasteiger partial charge in [-0.3, -0.25) is 4.79 Å². The number of quaternary nitrogens is 1. The molecule has 2 rings (SSSR count). The number of benzene rings is 1. The van der Waals surface area contributed by atoms with Crippen molar-refractivity contribution < 1.29 is 33.5 Å². The van der Waals surface area contributed by atoms with Gasteiger partial charge in [0.2, 0.25) is 5.91 Å². The summed E-state index contributed by atoms with van der Waals surface area (Å²) in [6, 6.07) is 7.83. The molecule has 2 N–H and O–H groups in total. The van der Waals surface area contributed by atoms with Crippen LogP contribution in [0.3, 0.4) is 0 Å². The standard InChI is InChI=1S/C21H31N3O6/c1-5-29-19(26)21(22-16(3)25,20(27)30-6-2)15-23-11-13-24(14-12-23)17-7-9-18(28-4)10-8-17/h7-10H,5-6,11-15H2,1-4H3,(H,22,25)/p+1. The lowest BCUT2D eigenvalue weighted by molar-refractivity contribution is -0.902. The molecule has 0 radical (unpaired) electrons. The van der Waals surface area contributed by atoms with E-state index >= 15 is 0 Å². The Morgan fingerprint density at radius 1 is 1.03 bits per heavy atom. The van der Waals surface area contributed by atoms with E-state index in [0.717, 1.165) is 29.4 Å². The van der Waals surface area contributed by atoms with Crippen molar-refractivity contribution in [3.8, 4) is 5.75 Å². The fraction of sp³-hybridized carbons (Fsp3) is 0.571. The predicted octanol–water partition coefficient (Wildman–Crippen LogP) is -0.599. The van der Waals surface area contributed by atoms with Gasteiger partial charge in [0.05, 0.1) is 46.5 Å². The average molecular weight is 423 g/mol. The monoisotopic (exact) mass is 422 g/mol. The zero-order valence-electron chi connectivity index (χ0n) is 18.2. The molecule has 1 aliphatic rings. The summed E-state index contributed by atoms with van der Waals surface area (Å²) < 4.78 is 15.5. The van der Waals surface area contributed by atoms with Crippen molar-refractivity contribution in [2.24, 2.45) is 0 Å². The number of amides is 1. The smallest absolute Gasteiger partial charge is 0.349 e. The molecule has 0 unspecified atom stereocenters. The van der Waals surface area contributed by atoms with E-state index in [9.17, 15) is 14.4 Å². The summed E-state index contributed by atoms with van der Waals surface area (Å²) >= 11 is 0. The van der Waals surface area contributed by atoms with Crippen molar-refractivity contribution in [2.75, 3.05) is 57.9 Å². The number of nitrogens with zero attached hydrogens (tertiary/aromatic N) is 1. The number of carbonyl (C=O) groups excluding carboxylic acids is 3. The number of hydrogen-bond donors (Lipinski definition) is 2. The van der Waals surface area contributed by atoms with E-state index in [1.165, 1.54) is 6.92 Å². The molecule has 1 heterocycles. The zero-order chi connectivity index (χ0) is 22.1. The molecule has 0 atom stereocenters. The number of hydrogen-bond acceptors (Lipinski definition) is 7. The normalized spacial score (nSPS) is 14.7. The largest absolute Gasteiger partial charge is 0.497 e. The van der Waals surface area contributed by atoms with Gasteiger partial charge < -0.3 is 29.3 Å². The van der Waals surface area contributed by atoms with Crippen LogP contribution in [-0.4, -0.2) is 76.4 Å². The lowest BCUT2D eigenvalue weighted by Crippen LogP contribution is -3.17. The van der Waals surface area contributed by atoms with Gasteiger partial charge in [-0.2, -0.15) is 0 Å². The highest BCUT2D eigenvalue weighted by Gasteiger charge is 2.53. The van der Waals surface area contributed by atoms with Gasteiger partial charge in [0.25, 0.3) is 5.54 Å². The van der Waals surface area contributed by atoms with Gasteiger partial charge in [-0.15, -0.1) is 0 Å². The SMILES string of the molecule is CCOC(=O)C(C[NH+]1CCN(c2ccc(OC)cc2)CC1)(NC(C)=O)C(=O)OCC. The van der Waals surface area contributed by atoms with Crippen molar-refractivity contribution in [3.05, 3.63) is 24.3 Å². The van der Waals surface area contributed by atoms with Crippen molar-refractivity contribution in [2.45, 2.75) is 26.3 Å². The second kappa shape index (κ2) is 10.8. The Kier molecular flexibility index (Phi) is 8.46. The lowest BCUT2D eigenvalue weighted by Gasteiger charge is -2.37. The number of carbonyl (C=O) groups is 3. The second-order valence-electron chi connectivity index (χ2n) is 7.14. The number of anilines is 1. The molecule has 1 aromatic rings. The summed E-state index contributed by atoms with van der Waals surface area (Å²) in [6.45, 7) is 7.70. The number of rotatable bonds is 9. The Hall–Kier alpha value is -2.81. The van der Waals surface area contributed by atoms with Crippen LogP contribution in [0.25, 0.3) is 0 Å². The molecule has 30 heavy (non-hydrogen) atoms. The third kappa shape index (κ3) is 5.63. The minimum atomic E-state index is -1.85. The molecule has 166 valence electrons. The van der Waals surface area contributed by atoms with Crippen molar-refractivity contribution in [1.82, 2.24) is 5.32 Å². The van der Waals surface area contributed by atoms with Gasteiger partial charge in [0.1, 0.15) is 12.3 Å². The zero-order valence-corrected chi connectivity index (χ0v) is 18.2. The highest BCUT2D eigenvalue weighted by atomic mass is 16.6. The van der Waals surface area contributed by atoms with E-state index in [1.807, 2.05) is 24.3 Å². The fourth-order valence-electron chi connectivity index (χ4n) is 3.61. The maximum absolute atomic E-state index is 12.8. The summed E-state index contributed by atoms with van der Waals surface area (Å²) in [5, 5.41) is 2.53. The van der Waals surface area contributed by atoms with Gasteiger partial charge in [-0.05, 0) is 38.1 Å². The first-order valence-electron chi connectivity index (χ1n) is 10.2. The molecule has 9 nitrogen and oxygen atoms in total. The fourth-order valence-corrected chi connectivity index (χ4v) is 3.61. The molecule has 1 aromatic carbocycles. The van der Waals surface area contributed by atoms with Crippen LogP contribution in [-0.2, 0) is 23.9 Å². The minimum Gasteiger partial charge on any atom is -0.497 e. The van der Waals surface area contributed by atoms with Crippen LogP contribution >= 0.6 is 0 Å². The van der Waals surface area contributed by atoms with E-state index in [0.29, 0.717) is 13.1 Å². The summed E-state index contributed by atoms with van der Waals surface area (Å²) in [5.74, 6) is -1.27. The van der Waals surface area contributed by atoms with Crippen LogP contribution in [0.1, 0.15) is 20.8 Å². The Morgan fingerprint density at radius 2 is 1.57 bits per heavy atom. The third-order valence-electron chi connectivity index (χ3n) is 5.06. The van der Waals surface area contributed by atoms with Gasteiger partial charge in [0, 0.05) is 12.6 Å². The Morgan fingerprint density at radius 3 is 2.00 bits per heavy atom. The number of nitrogens with one attached hydrogen (secondary N) is 2. The predicted molar refractivity (Wildman–Crippen MR) is 111 cm³/mol. The van der Waals surface area contributed by atoms with Gasteiger partial charge in [-0.1, -0.05) is 0 Å². The van der Waals surface area contributed by atoms with Crippen LogP contribution in [0.15, 0.2) is 24.3 Å². The van der Waals surface area contributed by atoms with Gasteiger partial charge >= 0.3 is 11.9 Å². The Balaban J connectivity index is 2.14. The van der Waals surface area contributed by atoms with E-state index in [2.05, 4.69) is 10.2 Å². The molecule has 0 aromatic heterocycles. The van der Waals surface area contributed by atoms with E-state index in [4.69, 9.17) is 14.2 Å². The molecule has 1 amide bonds. The van der Waals surface area contributed by atoms with Crippen molar-refractivity contribution in [1.29, 1.82) is 0 Å². The maximum Gasteiger partial charge on any atom is 0.349 e. The number of esters is 2. The van der Waals surface area contributed by atoms with Crippen molar-refractivity contribution in [3.63, 3.8) is 0 Å². The molecule has 1 fully saturated rings. The number of ether oxygens (including phenoxy) is 3. The number of methoxy groups -OCH3 is 1. The molecule has 0 saturated carbocycles. The molecule has 1 saturated heterocycles. The van der Waals surface area contributed by atoms with Crippen LogP contribution in [0.5, 0.6) is 5.75 Å². The van der Waals surface area contributed by atoms with Crippen molar-refractivity contribution >= 4 is 23.5 Å². The molecular formula is C21H32N3O6+. The van der Waals surface area contributed by atoms with Crippen LogP contribution < -0.4 is 19.9 Å². The highest BCUT2D eigenvalue weighted by Crippen LogP contribution is 2.19. The lowest BCUT2D eigenvalue weighted by atomic mass is 9.97. The Bertz CT molecular complexity index is 711. The first-order valence-corrected chi connectivity index (χ1v) is 10.2. The summed E-state index contributed by atoms with van der Waals surface area (Å²) in [6.07, 6.45) is 0. The maximum atomic E-state index is 12.8. The van der Waals surface area contributed by atoms with E-state index in [1.54, 1.807) is 21.0 Å². The van der Waals surface area contributed by atoms with Crippen LogP contribution in [0.4, 0.5) is 5.69 Å². The molecule has 0 aliphatic carbocycles. The van der Waals surface area contributed by atoms with E-state index < -0.39 is 23.4 Å².